The minimum atomic E-state index is -0.190. The van der Waals surface area contributed by atoms with Gasteiger partial charge in [-0.2, -0.15) is 0 Å². The van der Waals surface area contributed by atoms with E-state index >= 15 is 0 Å². The van der Waals surface area contributed by atoms with Crippen molar-refractivity contribution in [1.82, 2.24) is 4.90 Å². The molecule has 2 aromatic carbocycles. The lowest BCUT2D eigenvalue weighted by Gasteiger charge is -2.18. The number of hydrogen-bond donors (Lipinski definition) is 1. The topological polar surface area (TPSA) is 41.6 Å². The van der Waals surface area contributed by atoms with Crippen LogP contribution in [-0.4, -0.2) is 31.0 Å². The first-order chi connectivity index (χ1) is 11.6. The molecule has 0 unspecified atom stereocenters. The number of amides is 1. The van der Waals surface area contributed by atoms with Crippen molar-refractivity contribution in [1.29, 1.82) is 0 Å². The Morgan fingerprint density at radius 2 is 1.79 bits per heavy atom. The molecule has 128 valence electrons. The van der Waals surface area contributed by atoms with E-state index in [-0.39, 0.29) is 5.91 Å². The highest BCUT2D eigenvalue weighted by molar-refractivity contribution is 6.31. The van der Waals surface area contributed by atoms with E-state index in [0.717, 1.165) is 19.6 Å². The highest BCUT2D eigenvalue weighted by atomic mass is 35.5. The van der Waals surface area contributed by atoms with Crippen LogP contribution >= 0.6 is 11.6 Å². The summed E-state index contributed by atoms with van der Waals surface area (Å²) in [5.74, 6) is 0.385. The first-order valence-corrected chi connectivity index (χ1v) is 8.41. The molecule has 2 aromatic rings. The van der Waals surface area contributed by atoms with Gasteiger partial charge in [0.25, 0.3) is 5.91 Å². The van der Waals surface area contributed by atoms with E-state index in [1.165, 1.54) is 5.56 Å². The minimum absolute atomic E-state index is 0.190. The highest BCUT2D eigenvalue weighted by Gasteiger charge is 2.11. The van der Waals surface area contributed by atoms with Crippen molar-refractivity contribution in [3.8, 4) is 5.75 Å². The SMILES string of the molecule is CCN(CC)Cc1ccc(C(=O)Nc2cc(Cl)ccc2OC)cc1. The van der Waals surface area contributed by atoms with Gasteiger partial charge < -0.3 is 10.1 Å². The zero-order chi connectivity index (χ0) is 17.5. The molecule has 0 fully saturated rings. The zero-order valence-corrected chi connectivity index (χ0v) is 15.1. The molecule has 5 heteroatoms. The second-order valence-corrected chi connectivity index (χ2v) is 5.89. The van der Waals surface area contributed by atoms with Crippen molar-refractivity contribution in [2.24, 2.45) is 0 Å². The number of benzene rings is 2. The molecule has 0 saturated carbocycles. The standard InChI is InChI=1S/C19H23ClN2O2/c1-4-22(5-2)13-14-6-8-15(9-7-14)19(23)21-17-12-16(20)10-11-18(17)24-3/h6-12H,4-5,13H2,1-3H3,(H,21,23). The fourth-order valence-corrected chi connectivity index (χ4v) is 2.61. The van der Waals surface area contributed by atoms with Crippen molar-refractivity contribution in [2.75, 3.05) is 25.5 Å². The van der Waals surface area contributed by atoms with Gasteiger partial charge in [0.2, 0.25) is 0 Å². The van der Waals surface area contributed by atoms with Gasteiger partial charge in [-0.15, -0.1) is 0 Å². The molecule has 0 saturated heterocycles. The first kappa shape index (κ1) is 18.3. The van der Waals surface area contributed by atoms with E-state index in [1.54, 1.807) is 25.3 Å². The molecule has 0 aliphatic rings. The highest BCUT2D eigenvalue weighted by Crippen LogP contribution is 2.28. The lowest BCUT2D eigenvalue weighted by molar-refractivity contribution is 0.102. The molecule has 0 aliphatic carbocycles. The van der Waals surface area contributed by atoms with Crippen LogP contribution < -0.4 is 10.1 Å². The quantitative estimate of drug-likeness (QED) is 0.805. The summed E-state index contributed by atoms with van der Waals surface area (Å²) in [5.41, 5.74) is 2.35. The van der Waals surface area contributed by atoms with Crippen LogP contribution in [0.25, 0.3) is 0 Å². The first-order valence-electron chi connectivity index (χ1n) is 8.03. The Labute approximate surface area is 148 Å². The van der Waals surface area contributed by atoms with E-state index in [4.69, 9.17) is 16.3 Å². The average Bonchev–Trinajstić information content (AvgIpc) is 2.60. The molecule has 0 heterocycles. The third kappa shape index (κ3) is 4.73. The molecule has 0 spiro atoms. The van der Waals surface area contributed by atoms with Gasteiger partial charge in [-0.05, 0) is 49.0 Å². The van der Waals surface area contributed by atoms with E-state index in [9.17, 15) is 4.79 Å². The number of rotatable bonds is 7. The summed E-state index contributed by atoms with van der Waals surface area (Å²) in [6, 6.07) is 12.8. The van der Waals surface area contributed by atoms with Gasteiger partial charge in [0.05, 0.1) is 12.8 Å². The Bertz CT molecular complexity index is 682. The molecular weight excluding hydrogens is 324 g/mol. The van der Waals surface area contributed by atoms with Gasteiger partial charge in [-0.3, -0.25) is 9.69 Å². The zero-order valence-electron chi connectivity index (χ0n) is 14.3. The maximum atomic E-state index is 12.4. The number of nitrogens with zero attached hydrogens (tertiary/aromatic N) is 1. The average molecular weight is 347 g/mol. The maximum Gasteiger partial charge on any atom is 0.255 e. The fraction of sp³-hybridized carbons (Fsp3) is 0.316. The molecule has 1 N–H and O–H groups in total. The number of halogens is 1. The van der Waals surface area contributed by atoms with Crippen LogP contribution in [0, 0.1) is 0 Å². The lowest BCUT2D eigenvalue weighted by Crippen LogP contribution is -2.22. The molecule has 4 nitrogen and oxygen atoms in total. The van der Waals surface area contributed by atoms with Crippen molar-refractivity contribution in [3.63, 3.8) is 0 Å². The summed E-state index contributed by atoms with van der Waals surface area (Å²) in [7, 11) is 1.56. The number of hydrogen-bond acceptors (Lipinski definition) is 3. The van der Waals surface area contributed by atoms with Crippen LogP contribution in [0.3, 0.4) is 0 Å². The Balaban J connectivity index is 2.09. The molecule has 24 heavy (non-hydrogen) atoms. The van der Waals surface area contributed by atoms with Crippen LogP contribution in [-0.2, 0) is 6.54 Å². The van der Waals surface area contributed by atoms with Crippen LogP contribution in [0.5, 0.6) is 5.75 Å². The van der Waals surface area contributed by atoms with Crippen molar-refractivity contribution in [3.05, 3.63) is 58.6 Å². The summed E-state index contributed by atoms with van der Waals surface area (Å²) in [4.78, 5) is 14.7. The Morgan fingerprint density at radius 3 is 2.38 bits per heavy atom. The van der Waals surface area contributed by atoms with Gasteiger partial charge in [0.1, 0.15) is 5.75 Å². The van der Waals surface area contributed by atoms with Crippen molar-refractivity contribution < 1.29 is 9.53 Å². The minimum Gasteiger partial charge on any atom is -0.495 e. The van der Waals surface area contributed by atoms with Crippen LogP contribution in [0.15, 0.2) is 42.5 Å². The van der Waals surface area contributed by atoms with Gasteiger partial charge >= 0.3 is 0 Å². The maximum absolute atomic E-state index is 12.4. The number of nitrogens with one attached hydrogen (secondary N) is 1. The Hall–Kier alpha value is -2.04. The van der Waals surface area contributed by atoms with Gasteiger partial charge in [-0.25, -0.2) is 0 Å². The lowest BCUT2D eigenvalue weighted by atomic mass is 10.1. The molecular formula is C19H23ClN2O2. The Kier molecular flexibility index (Phi) is 6.64. The molecule has 2 rings (SSSR count). The number of carbonyl (C=O) groups is 1. The van der Waals surface area contributed by atoms with E-state index in [1.807, 2.05) is 24.3 Å². The van der Waals surface area contributed by atoms with Crippen LogP contribution in [0.2, 0.25) is 5.02 Å². The predicted molar refractivity (Wildman–Crippen MR) is 99.0 cm³/mol. The van der Waals surface area contributed by atoms with Crippen LogP contribution in [0.4, 0.5) is 5.69 Å². The van der Waals surface area contributed by atoms with E-state index < -0.39 is 0 Å². The number of carbonyl (C=O) groups excluding carboxylic acids is 1. The molecule has 0 radical (unpaired) electrons. The predicted octanol–water partition coefficient (Wildman–Crippen LogP) is 4.44. The molecule has 1 amide bonds. The summed E-state index contributed by atoms with van der Waals surface area (Å²) in [5, 5.41) is 3.38. The summed E-state index contributed by atoms with van der Waals surface area (Å²) < 4.78 is 5.25. The summed E-state index contributed by atoms with van der Waals surface area (Å²) in [6.07, 6.45) is 0. The number of methoxy groups -OCH3 is 1. The fourth-order valence-electron chi connectivity index (χ4n) is 2.44. The third-order valence-electron chi connectivity index (χ3n) is 3.93. The molecule has 0 aliphatic heterocycles. The van der Waals surface area contributed by atoms with Gasteiger partial charge in [0.15, 0.2) is 0 Å². The van der Waals surface area contributed by atoms with Crippen LogP contribution in [0.1, 0.15) is 29.8 Å². The normalized spacial score (nSPS) is 10.7. The molecule has 0 atom stereocenters. The Morgan fingerprint density at radius 1 is 1.12 bits per heavy atom. The number of ether oxygens (including phenoxy) is 1. The second kappa shape index (κ2) is 8.71. The smallest absolute Gasteiger partial charge is 0.255 e. The monoisotopic (exact) mass is 346 g/mol. The van der Waals surface area contributed by atoms with E-state index in [2.05, 4.69) is 24.1 Å². The third-order valence-corrected chi connectivity index (χ3v) is 4.16. The molecule has 0 bridgehead atoms. The summed E-state index contributed by atoms with van der Waals surface area (Å²) >= 11 is 5.99. The van der Waals surface area contributed by atoms with Gasteiger partial charge in [0, 0.05) is 17.1 Å². The second-order valence-electron chi connectivity index (χ2n) is 5.46. The van der Waals surface area contributed by atoms with E-state index in [0.29, 0.717) is 22.0 Å². The summed E-state index contributed by atoms with van der Waals surface area (Å²) in [6.45, 7) is 7.19. The van der Waals surface area contributed by atoms with Crippen molar-refractivity contribution in [2.45, 2.75) is 20.4 Å². The van der Waals surface area contributed by atoms with Gasteiger partial charge in [-0.1, -0.05) is 37.6 Å². The molecule has 0 aromatic heterocycles. The number of anilines is 1. The van der Waals surface area contributed by atoms with Crippen molar-refractivity contribution >= 4 is 23.2 Å². The largest absolute Gasteiger partial charge is 0.495 e.